The number of nitrogens with one attached hydrogen (secondary N) is 1. The zero-order valence-corrected chi connectivity index (χ0v) is 12.5. The van der Waals surface area contributed by atoms with E-state index in [0.717, 1.165) is 25.7 Å². The molecule has 20 heavy (non-hydrogen) atoms. The number of hydrogen-bond acceptors (Lipinski definition) is 3. The van der Waals surface area contributed by atoms with Gasteiger partial charge in [-0.15, -0.1) is 0 Å². The molecule has 0 aliphatic carbocycles. The van der Waals surface area contributed by atoms with Gasteiger partial charge in [0, 0.05) is 20.1 Å². The third kappa shape index (κ3) is 2.92. The van der Waals surface area contributed by atoms with Crippen LogP contribution >= 0.6 is 0 Å². The van der Waals surface area contributed by atoms with Crippen LogP contribution in [0.5, 0.6) is 0 Å². The van der Waals surface area contributed by atoms with Gasteiger partial charge in [0.1, 0.15) is 11.6 Å². The summed E-state index contributed by atoms with van der Waals surface area (Å²) in [5, 5.41) is 2.84. The summed E-state index contributed by atoms with van der Waals surface area (Å²) in [5.41, 5.74) is 0.489. The van der Waals surface area contributed by atoms with Gasteiger partial charge in [-0.05, 0) is 23.8 Å². The van der Waals surface area contributed by atoms with Crippen LogP contribution in [0.4, 0.5) is 10.2 Å². The minimum absolute atomic E-state index is 0.145. The lowest BCUT2D eigenvalue weighted by Crippen LogP contribution is -2.31. The van der Waals surface area contributed by atoms with Crippen molar-refractivity contribution in [2.45, 2.75) is 27.2 Å². The van der Waals surface area contributed by atoms with Crippen molar-refractivity contribution in [1.82, 2.24) is 9.88 Å². The first kappa shape index (κ1) is 14.8. The van der Waals surface area contributed by atoms with Crippen molar-refractivity contribution < 1.29 is 9.18 Å². The minimum atomic E-state index is -0.487. The number of carbonyl (C=O) groups is 1. The van der Waals surface area contributed by atoms with Gasteiger partial charge in [-0.2, -0.15) is 0 Å². The Labute approximate surface area is 119 Å². The molecule has 4 nitrogen and oxygen atoms in total. The maximum absolute atomic E-state index is 13.3. The number of rotatable bonds is 2. The van der Waals surface area contributed by atoms with Crippen LogP contribution in [0.2, 0.25) is 0 Å². The van der Waals surface area contributed by atoms with E-state index in [0.29, 0.717) is 17.3 Å². The predicted molar refractivity (Wildman–Crippen MR) is 77.2 cm³/mol. The normalized spacial score (nSPS) is 19.2. The van der Waals surface area contributed by atoms with Crippen LogP contribution < -0.4 is 5.32 Å². The molecule has 5 heteroatoms. The summed E-state index contributed by atoms with van der Waals surface area (Å²) >= 11 is 0. The van der Waals surface area contributed by atoms with Gasteiger partial charge >= 0.3 is 0 Å². The number of nitrogens with zero attached hydrogens (tertiary/aromatic N) is 2. The first-order valence-corrected chi connectivity index (χ1v) is 6.95. The number of likely N-dealkylation sites (tertiary alicyclic amines) is 1. The standard InChI is InChI=1S/C15H22FN3O/c1-15(2,3)10-5-6-19(9-10)14(20)12-7-11(16)8-18-13(12)17-4/h7-8,10H,5-6,9H2,1-4H3,(H,17,18). The molecule has 1 aliphatic rings. The van der Waals surface area contributed by atoms with E-state index in [1.165, 1.54) is 6.07 Å². The molecule has 110 valence electrons. The zero-order chi connectivity index (χ0) is 14.9. The van der Waals surface area contributed by atoms with Crippen molar-refractivity contribution in [3.63, 3.8) is 0 Å². The van der Waals surface area contributed by atoms with Crippen LogP contribution in [-0.2, 0) is 0 Å². The number of anilines is 1. The maximum Gasteiger partial charge on any atom is 0.257 e. The van der Waals surface area contributed by atoms with Crippen molar-refractivity contribution in [3.05, 3.63) is 23.6 Å². The highest BCUT2D eigenvalue weighted by atomic mass is 19.1. The molecule has 1 fully saturated rings. The maximum atomic E-state index is 13.3. The van der Waals surface area contributed by atoms with Crippen molar-refractivity contribution in [3.8, 4) is 0 Å². The monoisotopic (exact) mass is 279 g/mol. The second kappa shape index (κ2) is 5.38. The molecule has 0 spiro atoms. The molecule has 0 bridgehead atoms. The van der Waals surface area contributed by atoms with Crippen LogP contribution in [0.25, 0.3) is 0 Å². The summed E-state index contributed by atoms with van der Waals surface area (Å²) in [4.78, 5) is 18.3. The van der Waals surface area contributed by atoms with Gasteiger partial charge in [-0.3, -0.25) is 4.79 Å². The van der Waals surface area contributed by atoms with E-state index in [4.69, 9.17) is 0 Å². The van der Waals surface area contributed by atoms with Crippen molar-refractivity contribution in [1.29, 1.82) is 0 Å². The summed E-state index contributed by atoms with van der Waals surface area (Å²) < 4.78 is 13.3. The molecular weight excluding hydrogens is 257 g/mol. The van der Waals surface area contributed by atoms with Crippen molar-refractivity contribution >= 4 is 11.7 Å². The fraction of sp³-hybridized carbons (Fsp3) is 0.600. The van der Waals surface area contributed by atoms with Crippen molar-refractivity contribution in [2.24, 2.45) is 11.3 Å². The average molecular weight is 279 g/mol. The van der Waals surface area contributed by atoms with E-state index in [9.17, 15) is 9.18 Å². The molecule has 0 aromatic carbocycles. The fourth-order valence-electron chi connectivity index (χ4n) is 2.62. The van der Waals surface area contributed by atoms with Gasteiger partial charge in [0.25, 0.3) is 5.91 Å². The average Bonchev–Trinajstić information content (AvgIpc) is 2.87. The molecular formula is C15H22FN3O. The molecule has 2 heterocycles. The van der Waals surface area contributed by atoms with Gasteiger partial charge in [-0.1, -0.05) is 20.8 Å². The number of halogens is 1. The van der Waals surface area contributed by atoms with Gasteiger partial charge in [0.15, 0.2) is 0 Å². The second-order valence-electron chi connectivity index (χ2n) is 6.40. The van der Waals surface area contributed by atoms with Gasteiger partial charge in [0.05, 0.1) is 11.8 Å². The molecule has 1 atom stereocenters. The lowest BCUT2D eigenvalue weighted by atomic mass is 9.80. The van der Waals surface area contributed by atoms with Gasteiger partial charge in [0.2, 0.25) is 0 Å². The van der Waals surface area contributed by atoms with Gasteiger partial charge < -0.3 is 10.2 Å². The highest BCUT2D eigenvalue weighted by molar-refractivity contribution is 5.98. The van der Waals surface area contributed by atoms with Crippen LogP contribution in [0.1, 0.15) is 37.6 Å². The highest BCUT2D eigenvalue weighted by Crippen LogP contribution is 2.34. The Bertz CT molecular complexity index is 510. The van der Waals surface area contributed by atoms with Crippen molar-refractivity contribution in [2.75, 3.05) is 25.5 Å². The molecule has 1 saturated heterocycles. The third-order valence-corrected chi connectivity index (χ3v) is 4.02. The SMILES string of the molecule is CNc1ncc(F)cc1C(=O)N1CCC(C(C)(C)C)C1. The summed E-state index contributed by atoms with van der Waals surface area (Å²) in [6.07, 6.45) is 2.11. The molecule has 0 radical (unpaired) electrons. The van der Waals surface area contributed by atoms with E-state index in [-0.39, 0.29) is 11.3 Å². The Balaban J connectivity index is 2.19. The molecule has 0 saturated carbocycles. The van der Waals surface area contributed by atoms with Crippen LogP contribution in [0, 0.1) is 17.2 Å². The smallest absolute Gasteiger partial charge is 0.257 e. The lowest BCUT2D eigenvalue weighted by molar-refractivity contribution is 0.0776. The summed E-state index contributed by atoms with van der Waals surface area (Å²) in [6.45, 7) is 8.01. The molecule has 1 aromatic rings. The first-order chi connectivity index (χ1) is 9.32. The highest BCUT2D eigenvalue weighted by Gasteiger charge is 2.34. The molecule has 1 N–H and O–H groups in total. The summed E-state index contributed by atoms with van der Waals surface area (Å²) in [7, 11) is 1.68. The number of hydrogen-bond donors (Lipinski definition) is 1. The van der Waals surface area contributed by atoms with E-state index < -0.39 is 5.82 Å². The predicted octanol–water partition coefficient (Wildman–Crippen LogP) is 2.77. The summed E-state index contributed by atoms with van der Waals surface area (Å²) in [6, 6.07) is 1.26. The molecule has 1 aromatic heterocycles. The third-order valence-electron chi connectivity index (χ3n) is 4.02. The zero-order valence-electron chi connectivity index (χ0n) is 12.5. The number of aromatic nitrogens is 1. The number of amides is 1. The van der Waals surface area contributed by atoms with E-state index in [1.54, 1.807) is 11.9 Å². The molecule has 2 rings (SSSR count). The van der Waals surface area contributed by atoms with Crippen LogP contribution in [-0.4, -0.2) is 35.9 Å². The Morgan fingerprint density at radius 2 is 2.20 bits per heavy atom. The Morgan fingerprint density at radius 3 is 2.75 bits per heavy atom. The van der Waals surface area contributed by atoms with Crippen LogP contribution in [0.3, 0.4) is 0 Å². The Hall–Kier alpha value is -1.65. The summed E-state index contributed by atoms with van der Waals surface area (Å²) in [5.74, 6) is 0.272. The topological polar surface area (TPSA) is 45.2 Å². The van der Waals surface area contributed by atoms with Crippen LogP contribution in [0.15, 0.2) is 12.3 Å². The minimum Gasteiger partial charge on any atom is -0.372 e. The largest absolute Gasteiger partial charge is 0.372 e. The van der Waals surface area contributed by atoms with E-state index >= 15 is 0 Å². The second-order valence-corrected chi connectivity index (χ2v) is 6.40. The van der Waals surface area contributed by atoms with Gasteiger partial charge in [-0.25, -0.2) is 9.37 Å². The fourth-order valence-corrected chi connectivity index (χ4v) is 2.62. The number of carbonyl (C=O) groups excluding carboxylic acids is 1. The number of pyridine rings is 1. The van der Waals surface area contributed by atoms with E-state index in [1.807, 2.05) is 0 Å². The Kier molecular flexibility index (Phi) is 3.97. The molecule has 1 unspecified atom stereocenters. The lowest BCUT2D eigenvalue weighted by Gasteiger charge is -2.27. The first-order valence-electron chi connectivity index (χ1n) is 6.95. The quantitative estimate of drug-likeness (QED) is 0.905. The molecule has 1 aliphatic heterocycles. The van der Waals surface area contributed by atoms with E-state index in [2.05, 4.69) is 31.1 Å². The molecule has 1 amide bonds. The Morgan fingerprint density at radius 1 is 1.50 bits per heavy atom.